The van der Waals surface area contributed by atoms with E-state index in [2.05, 4.69) is 10.3 Å². The number of carbonyl (C=O) groups excluding carboxylic acids is 1. The number of hydrogen-bond donors (Lipinski definition) is 7. The molecule has 5 aliphatic rings. The number of ether oxygens (including phenoxy) is 7. The number of nitrogens with one attached hydrogen (secondary N) is 2. The number of methoxy groups -OCH3 is 2. The molecular weight excluding hydrogens is 803 g/mol. The van der Waals surface area contributed by atoms with Crippen molar-refractivity contribution in [1.82, 2.24) is 10.3 Å². The predicted octanol–water partition coefficient (Wildman–Crippen LogP) is 3.73. The normalized spacial score (nSPS) is 30.2. The van der Waals surface area contributed by atoms with Gasteiger partial charge in [0.2, 0.25) is 12.0 Å². The van der Waals surface area contributed by atoms with E-state index in [4.69, 9.17) is 38.9 Å². The number of aliphatic hydroxyl groups is 3. The van der Waals surface area contributed by atoms with E-state index in [1.807, 2.05) is 72.9 Å². The van der Waals surface area contributed by atoms with E-state index in [9.17, 15) is 30.0 Å². The van der Waals surface area contributed by atoms with Crippen molar-refractivity contribution in [2.75, 3.05) is 14.2 Å². The van der Waals surface area contributed by atoms with Crippen LogP contribution < -0.4 is 34.7 Å². The Balaban J connectivity index is 1.15. The molecule has 4 aromatic carbocycles. The minimum Gasteiger partial charge on any atom is -0.493 e. The van der Waals surface area contributed by atoms with Crippen molar-refractivity contribution >= 4 is 22.8 Å². The zero-order valence-corrected chi connectivity index (χ0v) is 33.6. The van der Waals surface area contributed by atoms with Crippen LogP contribution in [0.3, 0.4) is 0 Å². The van der Waals surface area contributed by atoms with Crippen LogP contribution in [-0.2, 0) is 31.9 Å². The molecule has 322 valence electrons. The number of esters is 1. The number of aliphatic carboxylic acids is 1. The van der Waals surface area contributed by atoms with Crippen LogP contribution in [0, 0.1) is 0 Å². The minimum absolute atomic E-state index is 0.119. The first-order valence-electron chi connectivity index (χ1n) is 20.4. The van der Waals surface area contributed by atoms with Crippen molar-refractivity contribution in [3.63, 3.8) is 0 Å². The standard InChI is InChI=1S/C46H45N3O13/c1-56-28-13-12-25-35-30(18-22-8-4-3-5-9-22)58-31-19-29-24(34(26-21-49-27-11-7-6-10-23(26)27)36(31)39(35)61-37(25)38(28)57-2)14-15-45(55)40(53)41(54)46(62-44(45)59-29)16-17-48-43(47)42(46)60-33(52)20-32(50)51/h3-13,16-17,19,21,30,35,39-44,48-49,53-55H,14-15,18,20,47H2,1-2H3,(H,50,51). The Kier molecular flexibility index (Phi) is 9.60. The van der Waals surface area contributed by atoms with Crippen LogP contribution >= 0.6 is 0 Å². The van der Waals surface area contributed by atoms with E-state index < -0.39 is 72.5 Å². The van der Waals surface area contributed by atoms with Crippen LogP contribution in [0.25, 0.3) is 22.0 Å². The van der Waals surface area contributed by atoms with Crippen molar-refractivity contribution < 1.29 is 63.2 Å². The fraction of sp³-hybridized carbons (Fsp3) is 0.348. The number of fused-ring (bicyclic) bond motifs is 8. The number of benzene rings is 4. The summed E-state index contributed by atoms with van der Waals surface area (Å²) in [5.74, 6) is -0.714. The van der Waals surface area contributed by atoms with Gasteiger partial charge in [-0.3, -0.25) is 9.59 Å². The fourth-order valence-electron chi connectivity index (χ4n) is 10.0. The maximum Gasteiger partial charge on any atom is 0.317 e. The topological polar surface area (TPSA) is 234 Å². The molecule has 5 aromatic rings. The van der Waals surface area contributed by atoms with Crippen LogP contribution in [0.5, 0.6) is 28.7 Å². The molecule has 0 saturated carbocycles. The maximum absolute atomic E-state index is 12.8. The van der Waals surface area contributed by atoms with Crippen molar-refractivity contribution in [3.05, 3.63) is 114 Å². The highest BCUT2D eigenvalue weighted by Gasteiger charge is 2.66. The van der Waals surface area contributed by atoms with Crippen LogP contribution in [0.15, 0.2) is 91.3 Å². The summed E-state index contributed by atoms with van der Waals surface area (Å²) in [6.07, 6.45) is -5.36. The van der Waals surface area contributed by atoms with Crippen molar-refractivity contribution in [2.45, 2.75) is 85.8 Å². The predicted molar refractivity (Wildman–Crippen MR) is 220 cm³/mol. The third-order valence-corrected chi connectivity index (χ3v) is 12.9. The third-order valence-electron chi connectivity index (χ3n) is 12.9. The molecule has 16 nitrogen and oxygen atoms in total. The lowest BCUT2D eigenvalue weighted by atomic mass is 9.73. The monoisotopic (exact) mass is 847 g/mol. The summed E-state index contributed by atoms with van der Waals surface area (Å²) in [5, 5.41) is 49.3. The molecule has 6 heterocycles. The Morgan fingerprint density at radius 1 is 0.952 bits per heavy atom. The molecule has 5 aliphatic heterocycles. The van der Waals surface area contributed by atoms with Crippen LogP contribution in [0.2, 0.25) is 0 Å². The fourth-order valence-corrected chi connectivity index (χ4v) is 10.0. The molecule has 10 atom stereocenters. The van der Waals surface area contributed by atoms with E-state index in [1.54, 1.807) is 20.3 Å². The summed E-state index contributed by atoms with van der Waals surface area (Å²) in [6.45, 7) is 0. The molecule has 62 heavy (non-hydrogen) atoms. The molecule has 1 spiro atoms. The molecule has 8 N–H and O–H groups in total. The molecule has 0 bridgehead atoms. The quantitative estimate of drug-likeness (QED) is 0.0871. The number of aromatic nitrogens is 1. The van der Waals surface area contributed by atoms with E-state index in [1.165, 1.54) is 12.3 Å². The summed E-state index contributed by atoms with van der Waals surface area (Å²) in [6, 6.07) is 23.4. The van der Waals surface area contributed by atoms with Gasteiger partial charge in [-0.25, -0.2) is 0 Å². The number of carboxylic acids is 1. The second kappa shape index (κ2) is 15.0. The average molecular weight is 848 g/mol. The smallest absolute Gasteiger partial charge is 0.317 e. The molecule has 1 fully saturated rings. The molecule has 16 heteroatoms. The van der Waals surface area contributed by atoms with Crippen LogP contribution in [0.1, 0.15) is 47.1 Å². The van der Waals surface area contributed by atoms with Gasteiger partial charge < -0.3 is 69.6 Å². The van der Waals surface area contributed by atoms with Gasteiger partial charge in [0.25, 0.3) is 0 Å². The number of rotatable bonds is 8. The van der Waals surface area contributed by atoms with E-state index >= 15 is 0 Å². The van der Waals surface area contributed by atoms with Gasteiger partial charge in [-0.1, -0.05) is 54.6 Å². The molecular formula is C46H45N3O13. The highest BCUT2D eigenvalue weighted by molar-refractivity contribution is 5.98. The summed E-state index contributed by atoms with van der Waals surface area (Å²) in [5.41, 5.74) is 7.72. The van der Waals surface area contributed by atoms with Gasteiger partial charge in [-0.2, -0.15) is 0 Å². The second-order valence-corrected chi connectivity index (χ2v) is 16.3. The molecule has 10 unspecified atom stereocenters. The molecule has 10 rings (SSSR count). The highest BCUT2D eigenvalue weighted by Crippen LogP contribution is 2.62. The number of H-pyrrole nitrogens is 1. The number of carbonyl (C=O) groups is 2. The van der Waals surface area contributed by atoms with Gasteiger partial charge >= 0.3 is 11.9 Å². The second-order valence-electron chi connectivity index (χ2n) is 16.3. The lowest BCUT2D eigenvalue weighted by molar-refractivity contribution is -0.354. The highest BCUT2D eigenvalue weighted by atomic mass is 16.7. The lowest BCUT2D eigenvalue weighted by Gasteiger charge is -2.55. The van der Waals surface area contributed by atoms with Crippen molar-refractivity contribution in [2.24, 2.45) is 5.73 Å². The van der Waals surface area contributed by atoms with Crippen molar-refractivity contribution in [3.8, 4) is 39.9 Å². The summed E-state index contributed by atoms with van der Waals surface area (Å²) in [7, 11) is 3.14. The first-order chi connectivity index (χ1) is 29.9. The zero-order chi connectivity index (χ0) is 43.1. The van der Waals surface area contributed by atoms with E-state index in [0.29, 0.717) is 35.0 Å². The molecule has 1 aromatic heterocycles. The van der Waals surface area contributed by atoms with Gasteiger partial charge in [0.1, 0.15) is 48.5 Å². The van der Waals surface area contributed by atoms with Crippen molar-refractivity contribution in [1.29, 1.82) is 0 Å². The zero-order valence-electron chi connectivity index (χ0n) is 33.6. The largest absolute Gasteiger partial charge is 0.493 e. The maximum atomic E-state index is 12.8. The van der Waals surface area contributed by atoms with Gasteiger partial charge in [-0.15, -0.1) is 0 Å². The van der Waals surface area contributed by atoms with E-state index in [-0.39, 0.29) is 24.5 Å². The minimum atomic E-state index is -2.23. The SMILES string of the molecule is COc1ccc2c(c1OC)OC1c3c(cc4c(c3-c3c[nH]c5ccccc35)CCC3(O)C(O4)OC4(C=CNC(N)C4OC(=O)CC(=O)O)C(O)C3O)OC(Cc3ccccc3)C21. The Morgan fingerprint density at radius 3 is 2.52 bits per heavy atom. The number of aromatic amines is 1. The van der Waals surface area contributed by atoms with Gasteiger partial charge in [0.05, 0.1) is 20.1 Å². The number of aliphatic hydroxyl groups excluding tert-OH is 2. The van der Waals surface area contributed by atoms with Crippen LogP contribution in [-0.4, -0.2) is 99.6 Å². The van der Waals surface area contributed by atoms with E-state index in [0.717, 1.165) is 38.7 Å². The first kappa shape index (κ1) is 39.8. The Morgan fingerprint density at radius 2 is 1.74 bits per heavy atom. The molecule has 1 saturated heterocycles. The molecule has 0 amide bonds. The lowest BCUT2D eigenvalue weighted by Crippen LogP contribution is -2.77. The van der Waals surface area contributed by atoms with Gasteiger partial charge in [-0.05, 0) is 42.8 Å². The summed E-state index contributed by atoms with van der Waals surface area (Å²) < 4.78 is 44.6. The van der Waals surface area contributed by atoms with Gasteiger partial charge in [0, 0.05) is 57.4 Å². The average Bonchev–Trinajstić information content (AvgIpc) is 3.84. The van der Waals surface area contributed by atoms with Gasteiger partial charge in [0.15, 0.2) is 28.8 Å². The number of nitrogens with two attached hydrogens (primary N) is 1. The van der Waals surface area contributed by atoms with Crippen LogP contribution in [0.4, 0.5) is 0 Å². The molecule has 0 aliphatic carbocycles. The third kappa shape index (κ3) is 6.07. The summed E-state index contributed by atoms with van der Waals surface area (Å²) in [4.78, 5) is 27.6. The molecule has 0 radical (unpaired) electrons. The number of para-hydroxylation sites is 1. The summed E-state index contributed by atoms with van der Waals surface area (Å²) >= 11 is 0. The Hall–Kier alpha value is -6.30. The number of carboxylic acid groups (broad SMARTS) is 1. The Labute approximate surface area is 354 Å². The first-order valence-corrected chi connectivity index (χ1v) is 20.4. The number of hydrogen-bond acceptors (Lipinski definition) is 14. The Bertz CT molecular complexity index is 2620.